The fourth-order valence-electron chi connectivity index (χ4n) is 6.27. The van der Waals surface area contributed by atoms with Gasteiger partial charge in [0, 0.05) is 13.1 Å². The standard InChI is InChI=1S/C23H30FNO3/c1-28-21(26)7-9-25(8-6-16-2-4-20(24)5-3-16)22(27)23-13-17-10-18(14-23)12-19(11-17)15-23/h2-5,17-19H,6-15H2,1H3. The van der Waals surface area contributed by atoms with Gasteiger partial charge in [-0.25, -0.2) is 4.39 Å². The van der Waals surface area contributed by atoms with Crippen LogP contribution >= 0.6 is 0 Å². The van der Waals surface area contributed by atoms with Crippen molar-refractivity contribution in [1.82, 2.24) is 4.90 Å². The number of methoxy groups -OCH3 is 1. The maximum absolute atomic E-state index is 13.7. The van der Waals surface area contributed by atoms with Gasteiger partial charge in [0.25, 0.3) is 0 Å². The molecule has 4 fully saturated rings. The first-order chi connectivity index (χ1) is 13.5. The Morgan fingerprint density at radius 3 is 2.14 bits per heavy atom. The lowest BCUT2D eigenvalue weighted by atomic mass is 9.49. The van der Waals surface area contributed by atoms with Crippen LogP contribution in [0.2, 0.25) is 0 Å². The van der Waals surface area contributed by atoms with Crippen LogP contribution in [-0.4, -0.2) is 37.0 Å². The minimum atomic E-state index is -0.287. The summed E-state index contributed by atoms with van der Waals surface area (Å²) in [5.41, 5.74) is 0.788. The van der Waals surface area contributed by atoms with Crippen molar-refractivity contribution in [3.8, 4) is 0 Å². The SMILES string of the molecule is COC(=O)CCN(CCc1ccc(F)cc1)C(=O)C12CC3CC(CC(C3)C1)C2. The van der Waals surface area contributed by atoms with Gasteiger partial charge in [-0.3, -0.25) is 9.59 Å². The van der Waals surface area contributed by atoms with Crippen molar-refractivity contribution in [3.05, 3.63) is 35.6 Å². The Morgan fingerprint density at radius 1 is 1.04 bits per heavy atom. The molecule has 4 saturated carbocycles. The summed E-state index contributed by atoms with van der Waals surface area (Å²) in [6.07, 6.45) is 7.83. The summed E-state index contributed by atoms with van der Waals surface area (Å²) in [5.74, 6) is 1.80. The number of carbonyl (C=O) groups excluding carboxylic acids is 2. The molecule has 1 aromatic carbocycles. The fraction of sp³-hybridized carbons (Fsp3) is 0.652. The Labute approximate surface area is 166 Å². The van der Waals surface area contributed by atoms with Crippen molar-refractivity contribution in [2.24, 2.45) is 23.2 Å². The summed E-state index contributed by atoms with van der Waals surface area (Å²) < 4.78 is 18.0. The molecule has 0 atom stereocenters. The monoisotopic (exact) mass is 387 g/mol. The van der Waals surface area contributed by atoms with Crippen molar-refractivity contribution >= 4 is 11.9 Å². The second kappa shape index (κ2) is 7.84. The van der Waals surface area contributed by atoms with Crippen LogP contribution < -0.4 is 0 Å². The van der Waals surface area contributed by atoms with E-state index in [2.05, 4.69) is 0 Å². The second-order valence-corrected chi connectivity index (χ2v) is 9.19. The predicted octanol–water partition coefficient (Wildman–Crippen LogP) is 3.98. The Hall–Kier alpha value is -1.91. The number of hydrogen-bond donors (Lipinski definition) is 0. The van der Waals surface area contributed by atoms with Crippen LogP contribution in [-0.2, 0) is 20.7 Å². The molecule has 152 valence electrons. The first kappa shape index (κ1) is 19.4. The number of hydrogen-bond acceptors (Lipinski definition) is 3. The molecule has 4 aliphatic carbocycles. The minimum Gasteiger partial charge on any atom is -0.469 e. The molecule has 1 amide bonds. The van der Waals surface area contributed by atoms with Crippen LogP contribution in [0.15, 0.2) is 24.3 Å². The maximum Gasteiger partial charge on any atom is 0.307 e. The molecular formula is C23H30FNO3. The number of rotatable bonds is 7. The molecule has 28 heavy (non-hydrogen) atoms. The fourth-order valence-corrected chi connectivity index (χ4v) is 6.27. The summed E-state index contributed by atoms with van der Waals surface area (Å²) in [5, 5.41) is 0. The van der Waals surface area contributed by atoms with Crippen molar-refractivity contribution < 1.29 is 18.7 Å². The van der Waals surface area contributed by atoms with Crippen LogP contribution in [0.1, 0.15) is 50.5 Å². The molecule has 4 aliphatic rings. The minimum absolute atomic E-state index is 0.215. The van der Waals surface area contributed by atoms with E-state index in [1.165, 1.54) is 38.5 Å². The van der Waals surface area contributed by atoms with Crippen molar-refractivity contribution in [2.45, 2.75) is 51.4 Å². The number of ether oxygens (including phenoxy) is 1. The molecule has 0 heterocycles. The largest absolute Gasteiger partial charge is 0.469 e. The van der Waals surface area contributed by atoms with Gasteiger partial charge in [0.1, 0.15) is 5.82 Å². The van der Waals surface area contributed by atoms with E-state index >= 15 is 0 Å². The molecule has 0 spiro atoms. The summed E-state index contributed by atoms with van der Waals surface area (Å²) in [4.78, 5) is 27.3. The highest BCUT2D eigenvalue weighted by Gasteiger charge is 2.55. The quantitative estimate of drug-likeness (QED) is 0.665. The van der Waals surface area contributed by atoms with Crippen LogP contribution in [0.5, 0.6) is 0 Å². The number of esters is 1. The van der Waals surface area contributed by atoms with Gasteiger partial charge in [0.15, 0.2) is 0 Å². The Morgan fingerprint density at radius 2 is 1.61 bits per heavy atom. The van der Waals surface area contributed by atoms with Crippen LogP contribution in [0.3, 0.4) is 0 Å². The predicted molar refractivity (Wildman–Crippen MR) is 104 cm³/mol. The smallest absolute Gasteiger partial charge is 0.307 e. The van der Waals surface area contributed by atoms with Gasteiger partial charge in [0.05, 0.1) is 18.9 Å². The lowest BCUT2D eigenvalue weighted by Gasteiger charge is -2.56. The summed E-state index contributed by atoms with van der Waals surface area (Å²) in [6.45, 7) is 0.956. The van der Waals surface area contributed by atoms with Crippen molar-refractivity contribution in [1.29, 1.82) is 0 Å². The number of amides is 1. The van der Waals surface area contributed by atoms with E-state index in [1.54, 1.807) is 12.1 Å². The van der Waals surface area contributed by atoms with E-state index in [0.29, 0.717) is 37.3 Å². The number of carbonyl (C=O) groups is 2. The molecule has 5 heteroatoms. The zero-order valence-electron chi connectivity index (χ0n) is 16.7. The second-order valence-electron chi connectivity index (χ2n) is 9.19. The van der Waals surface area contributed by atoms with E-state index in [0.717, 1.165) is 24.8 Å². The first-order valence-corrected chi connectivity index (χ1v) is 10.6. The van der Waals surface area contributed by atoms with E-state index < -0.39 is 0 Å². The highest BCUT2D eigenvalue weighted by Crippen LogP contribution is 2.60. The van der Waals surface area contributed by atoms with Gasteiger partial charge < -0.3 is 9.64 Å². The number of benzene rings is 1. The molecule has 0 saturated heterocycles. The van der Waals surface area contributed by atoms with Gasteiger partial charge in [-0.05, 0) is 80.4 Å². The third kappa shape index (κ3) is 3.94. The zero-order valence-corrected chi connectivity index (χ0v) is 16.7. The molecule has 0 radical (unpaired) electrons. The van der Waals surface area contributed by atoms with Crippen LogP contribution in [0.4, 0.5) is 4.39 Å². The highest BCUT2D eigenvalue weighted by molar-refractivity contribution is 5.84. The van der Waals surface area contributed by atoms with Crippen molar-refractivity contribution in [3.63, 3.8) is 0 Å². The van der Waals surface area contributed by atoms with Gasteiger partial charge in [-0.15, -0.1) is 0 Å². The van der Waals surface area contributed by atoms with Gasteiger partial charge in [-0.1, -0.05) is 12.1 Å². The average Bonchev–Trinajstić information content (AvgIpc) is 2.67. The third-order valence-corrected chi connectivity index (χ3v) is 7.18. The Bertz CT molecular complexity index is 695. The van der Waals surface area contributed by atoms with E-state index in [9.17, 15) is 14.0 Å². The summed E-state index contributed by atoms with van der Waals surface area (Å²) in [6, 6.07) is 6.44. The summed E-state index contributed by atoms with van der Waals surface area (Å²) >= 11 is 0. The van der Waals surface area contributed by atoms with Gasteiger partial charge >= 0.3 is 5.97 Å². The van der Waals surface area contributed by atoms with E-state index in [1.807, 2.05) is 4.90 Å². The van der Waals surface area contributed by atoms with E-state index in [-0.39, 0.29) is 29.5 Å². The Kier molecular flexibility index (Phi) is 5.44. The molecular weight excluding hydrogens is 357 g/mol. The molecule has 1 aromatic rings. The number of nitrogens with zero attached hydrogens (tertiary/aromatic N) is 1. The van der Waals surface area contributed by atoms with Gasteiger partial charge in [0.2, 0.25) is 5.91 Å². The maximum atomic E-state index is 13.7. The molecule has 4 bridgehead atoms. The van der Waals surface area contributed by atoms with Gasteiger partial charge in [-0.2, -0.15) is 0 Å². The Balaban J connectivity index is 1.48. The van der Waals surface area contributed by atoms with Crippen LogP contribution in [0.25, 0.3) is 0 Å². The highest BCUT2D eigenvalue weighted by atomic mass is 19.1. The van der Waals surface area contributed by atoms with Crippen molar-refractivity contribution in [2.75, 3.05) is 20.2 Å². The third-order valence-electron chi connectivity index (χ3n) is 7.18. The molecule has 0 unspecified atom stereocenters. The molecule has 5 rings (SSSR count). The molecule has 0 aliphatic heterocycles. The zero-order chi connectivity index (χ0) is 19.7. The summed E-state index contributed by atoms with van der Waals surface area (Å²) in [7, 11) is 1.38. The molecule has 4 nitrogen and oxygen atoms in total. The normalized spacial score (nSPS) is 30.3. The molecule has 0 N–H and O–H groups in total. The van der Waals surface area contributed by atoms with E-state index in [4.69, 9.17) is 4.74 Å². The first-order valence-electron chi connectivity index (χ1n) is 10.6. The van der Waals surface area contributed by atoms with Crippen LogP contribution in [0, 0.1) is 29.0 Å². The lowest BCUT2D eigenvalue weighted by molar-refractivity contribution is -0.158. The molecule has 0 aromatic heterocycles. The lowest BCUT2D eigenvalue weighted by Crippen LogP contribution is -2.55. The average molecular weight is 387 g/mol. The number of halogens is 1. The topological polar surface area (TPSA) is 46.6 Å².